The molecule has 1 aliphatic heterocycles. The molecule has 1 aliphatic rings. The average molecular weight is 381 g/mol. The molecule has 0 amide bonds. The minimum atomic E-state index is -0.195. The molecule has 1 fully saturated rings. The molecule has 0 unspecified atom stereocenters. The van der Waals surface area contributed by atoms with Crippen LogP contribution in [0, 0.1) is 5.82 Å². The molecule has 3 aromatic rings. The second-order valence-electron chi connectivity index (χ2n) is 6.97. The van der Waals surface area contributed by atoms with Gasteiger partial charge < -0.3 is 14.1 Å². The normalized spacial score (nSPS) is 15.4. The first kappa shape index (κ1) is 18.5. The zero-order valence-electron chi connectivity index (χ0n) is 16.0. The van der Waals surface area contributed by atoms with E-state index in [4.69, 9.17) is 9.15 Å². The highest BCUT2D eigenvalue weighted by molar-refractivity contribution is 5.54. The number of aromatic nitrogens is 1. The summed E-state index contributed by atoms with van der Waals surface area (Å²) in [5, 5.41) is 0. The Balaban J connectivity index is 1.37. The van der Waals surface area contributed by atoms with Crippen molar-refractivity contribution >= 4 is 5.69 Å². The van der Waals surface area contributed by atoms with Crippen LogP contribution in [-0.2, 0) is 6.54 Å². The molecule has 0 radical (unpaired) electrons. The molecule has 1 aromatic heterocycles. The van der Waals surface area contributed by atoms with Crippen LogP contribution in [0.2, 0.25) is 0 Å². The number of ether oxygens (including phenoxy) is 1. The lowest BCUT2D eigenvalue weighted by Crippen LogP contribution is -2.30. The highest BCUT2D eigenvalue weighted by atomic mass is 19.1. The number of halogens is 1. The zero-order valence-corrected chi connectivity index (χ0v) is 16.0. The molecular formula is C22H24FN3O2. The van der Waals surface area contributed by atoms with Crippen LogP contribution in [0.5, 0.6) is 5.75 Å². The third-order valence-electron chi connectivity index (χ3n) is 5.05. The van der Waals surface area contributed by atoms with Crippen LogP contribution in [0.25, 0.3) is 11.5 Å². The number of rotatable bonds is 5. The van der Waals surface area contributed by atoms with E-state index in [1.165, 1.54) is 12.1 Å². The fraction of sp³-hybridized carbons (Fsp3) is 0.318. The Labute approximate surface area is 164 Å². The lowest BCUT2D eigenvalue weighted by Gasteiger charge is -2.23. The topological polar surface area (TPSA) is 41.7 Å². The van der Waals surface area contributed by atoms with Crippen molar-refractivity contribution in [1.82, 2.24) is 9.88 Å². The summed E-state index contributed by atoms with van der Waals surface area (Å²) in [6, 6.07) is 14.4. The van der Waals surface area contributed by atoms with Crippen LogP contribution in [0.4, 0.5) is 10.1 Å². The van der Waals surface area contributed by atoms with Crippen LogP contribution < -0.4 is 9.64 Å². The molecule has 1 saturated heterocycles. The van der Waals surface area contributed by atoms with Gasteiger partial charge in [-0.25, -0.2) is 9.37 Å². The van der Waals surface area contributed by atoms with E-state index in [1.54, 1.807) is 13.4 Å². The van der Waals surface area contributed by atoms with Gasteiger partial charge in [-0.15, -0.1) is 0 Å². The van der Waals surface area contributed by atoms with Gasteiger partial charge in [0.15, 0.2) is 0 Å². The van der Waals surface area contributed by atoms with Crippen molar-refractivity contribution < 1.29 is 13.5 Å². The number of methoxy groups -OCH3 is 1. The molecule has 146 valence electrons. The SMILES string of the molecule is COc1ccc(-c2nc(CN3CCCN(c4ccc(F)cc4)CC3)co2)cc1. The molecule has 0 saturated carbocycles. The molecule has 2 aromatic carbocycles. The lowest BCUT2D eigenvalue weighted by atomic mass is 10.2. The molecule has 2 heterocycles. The number of hydrogen-bond donors (Lipinski definition) is 0. The monoisotopic (exact) mass is 381 g/mol. The zero-order chi connectivity index (χ0) is 19.3. The van der Waals surface area contributed by atoms with Crippen molar-refractivity contribution in [2.24, 2.45) is 0 Å². The maximum absolute atomic E-state index is 13.2. The van der Waals surface area contributed by atoms with Crippen molar-refractivity contribution in [3.05, 3.63) is 66.3 Å². The molecule has 0 bridgehead atoms. The van der Waals surface area contributed by atoms with Crippen molar-refractivity contribution in [1.29, 1.82) is 0 Å². The van der Waals surface area contributed by atoms with Gasteiger partial charge in [-0.2, -0.15) is 0 Å². The number of oxazole rings is 1. The molecule has 0 aliphatic carbocycles. The summed E-state index contributed by atoms with van der Waals surface area (Å²) < 4.78 is 24.0. The third-order valence-corrected chi connectivity index (χ3v) is 5.05. The molecule has 0 N–H and O–H groups in total. The van der Waals surface area contributed by atoms with Crippen LogP contribution in [0.1, 0.15) is 12.1 Å². The third kappa shape index (κ3) is 4.34. The van der Waals surface area contributed by atoms with Gasteiger partial charge in [0, 0.05) is 44.0 Å². The molecule has 4 rings (SSSR count). The van der Waals surface area contributed by atoms with Crippen LogP contribution in [0.15, 0.2) is 59.2 Å². The van der Waals surface area contributed by atoms with E-state index in [0.29, 0.717) is 5.89 Å². The quantitative estimate of drug-likeness (QED) is 0.663. The fourth-order valence-corrected chi connectivity index (χ4v) is 3.51. The van der Waals surface area contributed by atoms with E-state index in [9.17, 15) is 4.39 Å². The van der Waals surface area contributed by atoms with Crippen molar-refractivity contribution in [3.63, 3.8) is 0 Å². The van der Waals surface area contributed by atoms with E-state index in [0.717, 1.165) is 61.8 Å². The summed E-state index contributed by atoms with van der Waals surface area (Å²) in [6.07, 6.45) is 2.79. The minimum Gasteiger partial charge on any atom is -0.497 e. The van der Waals surface area contributed by atoms with Gasteiger partial charge in [0.1, 0.15) is 17.8 Å². The fourth-order valence-electron chi connectivity index (χ4n) is 3.51. The smallest absolute Gasteiger partial charge is 0.226 e. The van der Waals surface area contributed by atoms with Gasteiger partial charge in [0.05, 0.1) is 12.8 Å². The summed E-state index contributed by atoms with van der Waals surface area (Å²) in [6.45, 7) is 4.58. The number of hydrogen-bond acceptors (Lipinski definition) is 5. The maximum Gasteiger partial charge on any atom is 0.226 e. The Kier molecular flexibility index (Phi) is 5.58. The van der Waals surface area contributed by atoms with E-state index >= 15 is 0 Å². The van der Waals surface area contributed by atoms with Gasteiger partial charge in [0.2, 0.25) is 5.89 Å². The average Bonchev–Trinajstić information content (AvgIpc) is 3.07. The van der Waals surface area contributed by atoms with Gasteiger partial charge >= 0.3 is 0 Å². The Bertz CT molecular complexity index is 893. The molecule has 0 spiro atoms. The van der Waals surface area contributed by atoms with Crippen molar-refractivity contribution in [3.8, 4) is 17.2 Å². The molecule has 6 heteroatoms. The number of nitrogens with zero attached hydrogens (tertiary/aromatic N) is 3. The second kappa shape index (κ2) is 8.44. The van der Waals surface area contributed by atoms with Crippen molar-refractivity contribution in [2.45, 2.75) is 13.0 Å². The lowest BCUT2D eigenvalue weighted by molar-refractivity contribution is 0.282. The number of benzene rings is 2. The molecular weight excluding hydrogens is 357 g/mol. The summed E-state index contributed by atoms with van der Waals surface area (Å²) in [4.78, 5) is 9.34. The van der Waals surface area contributed by atoms with Crippen LogP contribution in [0.3, 0.4) is 0 Å². The molecule has 0 atom stereocenters. The molecule has 28 heavy (non-hydrogen) atoms. The highest BCUT2D eigenvalue weighted by Gasteiger charge is 2.17. The van der Waals surface area contributed by atoms with Crippen molar-refractivity contribution in [2.75, 3.05) is 38.2 Å². The summed E-state index contributed by atoms with van der Waals surface area (Å²) in [5.41, 5.74) is 2.94. The number of anilines is 1. The highest BCUT2D eigenvalue weighted by Crippen LogP contribution is 2.23. The molecule has 5 nitrogen and oxygen atoms in total. The summed E-state index contributed by atoms with van der Waals surface area (Å²) in [5.74, 6) is 1.24. The predicted molar refractivity (Wildman–Crippen MR) is 107 cm³/mol. The second-order valence-corrected chi connectivity index (χ2v) is 6.97. The summed E-state index contributed by atoms with van der Waals surface area (Å²) >= 11 is 0. The van der Waals surface area contributed by atoms with Gasteiger partial charge in [0.25, 0.3) is 0 Å². The van der Waals surface area contributed by atoms with Crippen LogP contribution >= 0.6 is 0 Å². The van der Waals surface area contributed by atoms with E-state index < -0.39 is 0 Å². The Morgan fingerprint density at radius 1 is 1.00 bits per heavy atom. The van der Waals surface area contributed by atoms with Gasteiger partial charge in [-0.3, -0.25) is 4.90 Å². The first-order chi connectivity index (χ1) is 13.7. The Morgan fingerprint density at radius 2 is 1.79 bits per heavy atom. The Hall–Kier alpha value is -2.86. The maximum atomic E-state index is 13.2. The standard InChI is InChI=1S/C22H24FN3O2/c1-27-21-9-3-17(4-10-21)22-24-19(16-28-22)15-25-11-2-12-26(14-13-25)20-7-5-18(23)6-8-20/h3-10,16H,2,11-15H2,1H3. The summed E-state index contributed by atoms with van der Waals surface area (Å²) in [7, 11) is 1.65. The predicted octanol–water partition coefficient (Wildman–Crippen LogP) is 4.20. The van der Waals surface area contributed by atoms with E-state index in [2.05, 4.69) is 14.8 Å². The van der Waals surface area contributed by atoms with Crippen LogP contribution in [-0.4, -0.2) is 43.2 Å². The minimum absolute atomic E-state index is 0.195. The first-order valence-electron chi connectivity index (χ1n) is 9.53. The van der Waals surface area contributed by atoms with Gasteiger partial charge in [-0.1, -0.05) is 0 Å². The van der Waals surface area contributed by atoms with E-state index in [1.807, 2.05) is 36.4 Å². The largest absolute Gasteiger partial charge is 0.497 e. The van der Waals surface area contributed by atoms with E-state index in [-0.39, 0.29) is 5.82 Å². The Morgan fingerprint density at radius 3 is 2.54 bits per heavy atom. The first-order valence-corrected chi connectivity index (χ1v) is 9.53. The van der Waals surface area contributed by atoms with Gasteiger partial charge in [-0.05, 0) is 55.0 Å².